The van der Waals surface area contributed by atoms with Gasteiger partial charge < -0.3 is 14.7 Å². The molecule has 126 valence electrons. The molecule has 5 nitrogen and oxygen atoms in total. The van der Waals surface area contributed by atoms with Crippen LogP contribution in [0, 0.1) is 5.41 Å². The third-order valence-electron chi connectivity index (χ3n) is 5.54. The first kappa shape index (κ1) is 17.3. The first-order chi connectivity index (χ1) is 10.5. The van der Waals surface area contributed by atoms with Crippen molar-refractivity contribution < 1.29 is 19.4 Å². The second-order valence-corrected chi connectivity index (χ2v) is 6.74. The Morgan fingerprint density at radius 1 is 1.23 bits per heavy atom. The average Bonchev–Trinajstić information content (AvgIpc) is 2.99. The van der Waals surface area contributed by atoms with E-state index in [1.807, 2.05) is 18.9 Å². The van der Waals surface area contributed by atoms with Crippen molar-refractivity contribution in [3.8, 4) is 0 Å². The molecule has 2 fully saturated rings. The molecule has 0 aromatic heterocycles. The summed E-state index contributed by atoms with van der Waals surface area (Å²) < 4.78 is 5.90. The Bertz CT molecular complexity index is 403. The fraction of sp³-hybridized carbons (Fsp3) is 0.882. The Kier molecular flexibility index (Phi) is 5.84. The molecule has 1 N–H and O–H groups in total. The van der Waals surface area contributed by atoms with Crippen molar-refractivity contribution in [2.24, 2.45) is 5.41 Å². The number of carbonyl (C=O) groups excluding carboxylic acids is 1. The van der Waals surface area contributed by atoms with Gasteiger partial charge in [-0.05, 0) is 39.0 Å². The summed E-state index contributed by atoms with van der Waals surface area (Å²) in [5, 5.41) is 8.63. The number of hydrogen-bond donors (Lipinski definition) is 1. The summed E-state index contributed by atoms with van der Waals surface area (Å²) in [4.78, 5) is 24.8. The summed E-state index contributed by atoms with van der Waals surface area (Å²) in [5.41, 5.74) is 0.182. The zero-order valence-corrected chi connectivity index (χ0v) is 13.8. The van der Waals surface area contributed by atoms with E-state index in [0.717, 1.165) is 13.0 Å². The lowest BCUT2D eigenvalue weighted by Gasteiger charge is -2.57. The number of carboxylic acids is 1. The van der Waals surface area contributed by atoms with Crippen LogP contribution in [0.2, 0.25) is 0 Å². The van der Waals surface area contributed by atoms with E-state index in [0.29, 0.717) is 31.4 Å². The van der Waals surface area contributed by atoms with Crippen molar-refractivity contribution in [2.75, 3.05) is 13.7 Å². The van der Waals surface area contributed by atoms with Gasteiger partial charge in [-0.2, -0.15) is 0 Å². The Labute approximate surface area is 133 Å². The highest BCUT2D eigenvalue weighted by Crippen LogP contribution is 2.56. The molecule has 5 heteroatoms. The van der Waals surface area contributed by atoms with Gasteiger partial charge in [0.25, 0.3) is 0 Å². The van der Waals surface area contributed by atoms with E-state index in [-0.39, 0.29) is 17.7 Å². The van der Waals surface area contributed by atoms with Crippen LogP contribution in [0.25, 0.3) is 0 Å². The molecule has 2 aliphatic carbocycles. The molecule has 0 saturated heterocycles. The highest BCUT2D eigenvalue weighted by molar-refractivity contribution is 5.76. The predicted octanol–water partition coefficient (Wildman–Crippen LogP) is 2.83. The zero-order valence-electron chi connectivity index (χ0n) is 13.8. The molecule has 2 aliphatic rings. The number of ether oxygens (including phenoxy) is 1. The molecule has 1 amide bonds. The number of hydrogen-bond acceptors (Lipinski definition) is 3. The summed E-state index contributed by atoms with van der Waals surface area (Å²) in [7, 11) is 1.91. The van der Waals surface area contributed by atoms with E-state index in [1.54, 1.807) is 0 Å². The molecule has 2 saturated carbocycles. The summed E-state index contributed by atoms with van der Waals surface area (Å²) in [6, 6.07) is 0.304. The quantitative estimate of drug-likeness (QED) is 0.700. The molecule has 0 aromatic rings. The van der Waals surface area contributed by atoms with Crippen molar-refractivity contribution in [1.82, 2.24) is 4.90 Å². The number of carbonyl (C=O) groups is 2. The smallest absolute Gasteiger partial charge is 0.303 e. The normalized spacial score (nSPS) is 25.9. The number of carboxylic acid groups (broad SMARTS) is 1. The minimum atomic E-state index is -0.788. The van der Waals surface area contributed by atoms with Gasteiger partial charge in [-0.1, -0.05) is 12.8 Å². The Balaban J connectivity index is 1.85. The molecule has 2 rings (SSSR count). The summed E-state index contributed by atoms with van der Waals surface area (Å²) in [5.74, 6) is -0.638. The zero-order chi connectivity index (χ0) is 16.2. The van der Waals surface area contributed by atoms with Gasteiger partial charge in [0.1, 0.15) is 0 Å². The largest absolute Gasteiger partial charge is 0.481 e. The van der Waals surface area contributed by atoms with Crippen LogP contribution in [-0.4, -0.2) is 47.7 Å². The highest BCUT2D eigenvalue weighted by atomic mass is 16.5. The molecular formula is C17H29NO4. The third-order valence-corrected chi connectivity index (χ3v) is 5.54. The molecule has 0 radical (unpaired) electrons. The minimum Gasteiger partial charge on any atom is -0.481 e. The monoisotopic (exact) mass is 311 g/mol. The molecule has 0 heterocycles. The van der Waals surface area contributed by atoms with Gasteiger partial charge in [-0.25, -0.2) is 0 Å². The summed E-state index contributed by atoms with van der Waals surface area (Å²) >= 11 is 0. The predicted molar refractivity (Wildman–Crippen MR) is 83.6 cm³/mol. The summed E-state index contributed by atoms with van der Waals surface area (Å²) in [6.45, 7) is 2.78. The van der Waals surface area contributed by atoms with Gasteiger partial charge in [0.05, 0.1) is 6.10 Å². The van der Waals surface area contributed by atoms with Crippen molar-refractivity contribution >= 4 is 11.9 Å². The first-order valence-corrected chi connectivity index (χ1v) is 8.60. The molecule has 0 aromatic carbocycles. The van der Waals surface area contributed by atoms with Crippen LogP contribution in [-0.2, 0) is 14.3 Å². The van der Waals surface area contributed by atoms with Gasteiger partial charge in [0, 0.05) is 38.0 Å². The van der Waals surface area contributed by atoms with Crippen molar-refractivity contribution in [2.45, 2.75) is 76.9 Å². The number of rotatable bonds is 8. The van der Waals surface area contributed by atoms with Gasteiger partial charge in [-0.15, -0.1) is 0 Å². The third kappa shape index (κ3) is 3.45. The standard InChI is InChI=1S/C17H29NO4/c1-3-22-14-12-13(17(14)10-6-7-11-17)18(2)15(19)8-4-5-9-16(20)21/h13-14H,3-12H2,1-2H3,(H,20,21). The molecule has 22 heavy (non-hydrogen) atoms. The van der Waals surface area contributed by atoms with E-state index in [1.165, 1.54) is 25.7 Å². The SMILES string of the molecule is CCOC1CC(N(C)C(=O)CCCCC(=O)O)C12CCCC2. The van der Waals surface area contributed by atoms with Gasteiger partial charge in [-0.3, -0.25) is 9.59 Å². The van der Waals surface area contributed by atoms with Gasteiger partial charge in [0.2, 0.25) is 5.91 Å². The number of amides is 1. The lowest BCUT2D eigenvalue weighted by atomic mass is 9.60. The average molecular weight is 311 g/mol. The highest BCUT2D eigenvalue weighted by Gasteiger charge is 2.58. The van der Waals surface area contributed by atoms with Crippen LogP contribution in [0.1, 0.15) is 64.7 Å². The van der Waals surface area contributed by atoms with E-state index < -0.39 is 5.97 Å². The van der Waals surface area contributed by atoms with Crippen molar-refractivity contribution in [3.63, 3.8) is 0 Å². The molecule has 2 atom stereocenters. The lowest BCUT2D eigenvalue weighted by Crippen LogP contribution is -2.63. The maximum Gasteiger partial charge on any atom is 0.303 e. The van der Waals surface area contributed by atoms with E-state index >= 15 is 0 Å². The second kappa shape index (κ2) is 7.44. The van der Waals surface area contributed by atoms with Crippen LogP contribution in [0.15, 0.2) is 0 Å². The maximum atomic E-state index is 12.4. The first-order valence-electron chi connectivity index (χ1n) is 8.60. The van der Waals surface area contributed by atoms with E-state index in [9.17, 15) is 9.59 Å². The van der Waals surface area contributed by atoms with E-state index in [2.05, 4.69) is 0 Å². The number of unbranched alkanes of at least 4 members (excludes halogenated alkanes) is 1. The topological polar surface area (TPSA) is 66.8 Å². The Morgan fingerprint density at radius 2 is 1.86 bits per heavy atom. The molecule has 0 bridgehead atoms. The molecule has 2 unspecified atom stereocenters. The lowest BCUT2D eigenvalue weighted by molar-refractivity contribution is -0.172. The maximum absolute atomic E-state index is 12.4. The minimum absolute atomic E-state index is 0.150. The number of nitrogens with zero attached hydrogens (tertiary/aromatic N) is 1. The van der Waals surface area contributed by atoms with Gasteiger partial charge >= 0.3 is 5.97 Å². The number of aliphatic carboxylic acids is 1. The van der Waals surface area contributed by atoms with Crippen LogP contribution < -0.4 is 0 Å². The summed E-state index contributed by atoms with van der Waals surface area (Å²) in [6.07, 6.45) is 7.90. The molecule has 0 aliphatic heterocycles. The fourth-order valence-electron chi connectivity index (χ4n) is 4.30. The molecular weight excluding hydrogens is 282 g/mol. The Morgan fingerprint density at radius 3 is 2.45 bits per heavy atom. The van der Waals surface area contributed by atoms with Gasteiger partial charge in [0.15, 0.2) is 0 Å². The van der Waals surface area contributed by atoms with Crippen LogP contribution in [0.5, 0.6) is 0 Å². The Hall–Kier alpha value is -1.10. The van der Waals surface area contributed by atoms with Crippen molar-refractivity contribution in [1.29, 1.82) is 0 Å². The van der Waals surface area contributed by atoms with E-state index in [4.69, 9.17) is 9.84 Å². The van der Waals surface area contributed by atoms with Crippen LogP contribution in [0.3, 0.4) is 0 Å². The second-order valence-electron chi connectivity index (χ2n) is 6.74. The fourth-order valence-corrected chi connectivity index (χ4v) is 4.30. The van der Waals surface area contributed by atoms with Crippen LogP contribution >= 0.6 is 0 Å². The molecule has 1 spiro atoms. The van der Waals surface area contributed by atoms with Crippen molar-refractivity contribution in [3.05, 3.63) is 0 Å². The van der Waals surface area contributed by atoms with Crippen LogP contribution in [0.4, 0.5) is 0 Å².